The number of carbonyl (C=O) groups is 1. The zero-order valence-corrected chi connectivity index (χ0v) is 14.9. The lowest BCUT2D eigenvalue weighted by atomic mass is 10.0. The highest BCUT2D eigenvalue weighted by atomic mass is 16.6. The summed E-state index contributed by atoms with van der Waals surface area (Å²) >= 11 is 0. The van der Waals surface area contributed by atoms with E-state index in [9.17, 15) is 4.79 Å². The minimum Gasteiger partial charge on any atom is -0.444 e. The van der Waals surface area contributed by atoms with Gasteiger partial charge >= 0.3 is 6.09 Å². The lowest BCUT2D eigenvalue weighted by Gasteiger charge is -2.33. The molecule has 0 spiro atoms. The number of ether oxygens (including phenoxy) is 1. The van der Waals surface area contributed by atoms with Crippen LogP contribution in [0, 0.1) is 6.92 Å². The smallest absolute Gasteiger partial charge is 0.410 e. The highest BCUT2D eigenvalue weighted by molar-refractivity contribution is 5.68. The molecule has 4 nitrogen and oxygen atoms in total. The van der Waals surface area contributed by atoms with Crippen molar-refractivity contribution in [1.82, 2.24) is 10.2 Å². The molecule has 0 bridgehead atoms. The van der Waals surface area contributed by atoms with E-state index in [0.29, 0.717) is 6.04 Å². The van der Waals surface area contributed by atoms with E-state index < -0.39 is 5.60 Å². The van der Waals surface area contributed by atoms with Crippen molar-refractivity contribution in [2.75, 3.05) is 19.6 Å². The first-order chi connectivity index (χ1) is 10.8. The number of nitrogens with one attached hydrogen (secondary N) is 1. The molecule has 1 fully saturated rings. The van der Waals surface area contributed by atoms with Crippen LogP contribution in [0.25, 0.3) is 0 Å². The molecule has 128 valence electrons. The molecule has 0 aliphatic carbocycles. The van der Waals surface area contributed by atoms with Gasteiger partial charge in [0.1, 0.15) is 5.60 Å². The molecule has 0 atom stereocenters. The summed E-state index contributed by atoms with van der Waals surface area (Å²) in [6.07, 6.45) is 2.85. The van der Waals surface area contributed by atoms with E-state index in [1.165, 1.54) is 11.1 Å². The summed E-state index contributed by atoms with van der Waals surface area (Å²) < 4.78 is 5.43. The average Bonchev–Trinajstić information content (AvgIpc) is 2.48. The van der Waals surface area contributed by atoms with Crippen LogP contribution in [0.1, 0.15) is 44.7 Å². The quantitative estimate of drug-likeness (QED) is 0.923. The maximum Gasteiger partial charge on any atom is 0.410 e. The predicted octanol–water partition coefficient (Wildman–Crippen LogP) is 3.53. The van der Waals surface area contributed by atoms with Crippen molar-refractivity contribution >= 4 is 6.09 Å². The fourth-order valence-electron chi connectivity index (χ4n) is 2.77. The molecule has 1 aliphatic rings. The Bertz CT molecular complexity index is 497. The van der Waals surface area contributed by atoms with Crippen LogP contribution >= 0.6 is 0 Å². The molecular formula is C19H30N2O2. The van der Waals surface area contributed by atoms with Gasteiger partial charge in [0, 0.05) is 19.1 Å². The summed E-state index contributed by atoms with van der Waals surface area (Å²) in [5.74, 6) is 0. The van der Waals surface area contributed by atoms with Crippen LogP contribution in [0.3, 0.4) is 0 Å². The van der Waals surface area contributed by atoms with Crippen LogP contribution in [0.15, 0.2) is 24.3 Å². The molecule has 4 heteroatoms. The molecule has 0 radical (unpaired) electrons. The number of carbonyl (C=O) groups excluding carboxylic acids is 1. The molecule has 1 saturated heterocycles. The molecule has 1 aliphatic heterocycles. The fraction of sp³-hybridized carbons (Fsp3) is 0.632. The molecule has 2 rings (SSSR count). The van der Waals surface area contributed by atoms with Gasteiger partial charge in [-0.1, -0.05) is 29.8 Å². The molecule has 1 amide bonds. The van der Waals surface area contributed by atoms with E-state index in [1.807, 2.05) is 25.7 Å². The van der Waals surface area contributed by atoms with E-state index in [1.54, 1.807) is 0 Å². The molecule has 23 heavy (non-hydrogen) atoms. The van der Waals surface area contributed by atoms with Gasteiger partial charge in [-0.3, -0.25) is 0 Å². The number of likely N-dealkylation sites (tertiary alicyclic amines) is 1. The largest absolute Gasteiger partial charge is 0.444 e. The molecular weight excluding hydrogens is 288 g/mol. The van der Waals surface area contributed by atoms with E-state index in [0.717, 1.165) is 38.9 Å². The van der Waals surface area contributed by atoms with Crippen molar-refractivity contribution in [3.8, 4) is 0 Å². The summed E-state index contributed by atoms with van der Waals surface area (Å²) in [6.45, 7) is 10.4. The monoisotopic (exact) mass is 318 g/mol. The van der Waals surface area contributed by atoms with Crippen molar-refractivity contribution < 1.29 is 9.53 Å². The first-order valence-electron chi connectivity index (χ1n) is 8.60. The lowest BCUT2D eigenvalue weighted by molar-refractivity contribution is 0.0198. The summed E-state index contributed by atoms with van der Waals surface area (Å²) in [5, 5.41) is 3.61. The summed E-state index contributed by atoms with van der Waals surface area (Å²) in [7, 11) is 0. The fourth-order valence-corrected chi connectivity index (χ4v) is 2.77. The summed E-state index contributed by atoms with van der Waals surface area (Å²) in [4.78, 5) is 13.9. The topological polar surface area (TPSA) is 41.6 Å². The Morgan fingerprint density at radius 3 is 2.39 bits per heavy atom. The van der Waals surface area contributed by atoms with E-state index in [4.69, 9.17) is 4.74 Å². The van der Waals surface area contributed by atoms with Crippen molar-refractivity contribution in [3.05, 3.63) is 35.4 Å². The van der Waals surface area contributed by atoms with Gasteiger partial charge in [-0.2, -0.15) is 0 Å². The molecule has 1 aromatic carbocycles. The molecule has 0 saturated carbocycles. The average molecular weight is 318 g/mol. The Hall–Kier alpha value is -1.55. The number of aryl methyl sites for hydroxylation is 1. The van der Waals surface area contributed by atoms with Crippen LogP contribution in [0.2, 0.25) is 0 Å². The van der Waals surface area contributed by atoms with Gasteiger partial charge in [-0.05, 0) is 59.1 Å². The van der Waals surface area contributed by atoms with Gasteiger partial charge in [-0.15, -0.1) is 0 Å². The standard InChI is InChI=1S/C19H30N2O2/c1-15-5-7-16(8-6-15)9-12-20-17-10-13-21(14-11-17)18(22)23-19(2,3)4/h5-8,17,20H,9-14H2,1-4H3. The van der Waals surface area contributed by atoms with Crippen molar-refractivity contribution in [1.29, 1.82) is 0 Å². The SMILES string of the molecule is Cc1ccc(CCNC2CCN(C(=O)OC(C)(C)C)CC2)cc1. The second-order valence-electron chi connectivity index (χ2n) is 7.43. The molecule has 1 aromatic rings. The Kier molecular flexibility index (Phi) is 6.05. The third-order valence-corrected chi connectivity index (χ3v) is 4.11. The summed E-state index contributed by atoms with van der Waals surface area (Å²) in [5.41, 5.74) is 2.26. The number of hydrogen-bond donors (Lipinski definition) is 1. The lowest BCUT2D eigenvalue weighted by Crippen LogP contribution is -2.46. The Balaban J connectivity index is 1.66. The van der Waals surface area contributed by atoms with Gasteiger partial charge in [0.15, 0.2) is 0 Å². The van der Waals surface area contributed by atoms with Crippen molar-refractivity contribution in [3.63, 3.8) is 0 Å². The third kappa shape index (κ3) is 6.22. The van der Waals surface area contributed by atoms with Gasteiger partial charge in [0.25, 0.3) is 0 Å². The highest BCUT2D eigenvalue weighted by Gasteiger charge is 2.26. The number of hydrogen-bond acceptors (Lipinski definition) is 3. The molecule has 0 unspecified atom stereocenters. The Morgan fingerprint density at radius 2 is 1.83 bits per heavy atom. The second kappa shape index (κ2) is 7.82. The number of rotatable bonds is 4. The van der Waals surface area contributed by atoms with Crippen LogP contribution in [-0.2, 0) is 11.2 Å². The molecule has 1 heterocycles. The number of amides is 1. The summed E-state index contributed by atoms with van der Waals surface area (Å²) in [6, 6.07) is 9.22. The van der Waals surface area contributed by atoms with Crippen LogP contribution < -0.4 is 5.32 Å². The molecule has 1 N–H and O–H groups in total. The van der Waals surface area contributed by atoms with Gasteiger partial charge in [0.2, 0.25) is 0 Å². The predicted molar refractivity (Wildman–Crippen MR) is 93.7 cm³/mol. The first kappa shape index (κ1) is 17.8. The van der Waals surface area contributed by atoms with Crippen molar-refractivity contribution in [2.24, 2.45) is 0 Å². The van der Waals surface area contributed by atoms with E-state index in [-0.39, 0.29) is 6.09 Å². The van der Waals surface area contributed by atoms with E-state index >= 15 is 0 Å². The van der Waals surface area contributed by atoms with Gasteiger partial charge in [0.05, 0.1) is 0 Å². The Labute approximate surface area is 140 Å². The zero-order valence-electron chi connectivity index (χ0n) is 14.9. The zero-order chi connectivity index (χ0) is 16.9. The number of piperidine rings is 1. The maximum atomic E-state index is 12.0. The minimum absolute atomic E-state index is 0.185. The van der Waals surface area contributed by atoms with Crippen molar-refractivity contribution in [2.45, 2.75) is 58.6 Å². The van der Waals surface area contributed by atoms with Crippen LogP contribution in [0.4, 0.5) is 4.79 Å². The number of benzene rings is 1. The maximum absolute atomic E-state index is 12.0. The van der Waals surface area contributed by atoms with Gasteiger partial charge < -0.3 is 15.0 Å². The molecule has 0 aromatic heterocycles. The normalized spacial score (nSPS) is 16.4. The minimum atomic E-state index is -0.416. The Morgan fingerprint density at radius 1 is 1.22 bits per heavy atom. The highest BCUT2D eigenvalue weighted by Crippen LogP contribution is 2.15. The van der Waals surface area contributed by atoms with Gasteiger partial charge in [-0.25, -0.2) is 4.79 Å². The second-order valence-corrected chi connectivity index (χ2v) is 7.43. The first-order valence-corrected chi connectivity index (χ1v) is 8.60. The van der Waals surface area contributed by atoms with Crippen LogP contribution in [-0.4, -0.2) is 42.3 Å². The number of nitrogens with zero attached hydrogens (tertiary/aromatic N) is 1. The van der Waals surface area contributed by atoms with Crippen LogP contribution in [0.5, 0.6) is 0 Å². The van der Waals surface area contributed by atoms with E-state index in [2.05, 4.69) is 36.5 Å². The third-order valence-electron chi connectivity index (χ3n) is 4.11.